The summed E-state index contributed by atoms with van der Waals surface area (Å²) in [5.74, 6) is 0.692. The van der Waals surface area contributed by atoms with Gasteiger partial charge in [0.05, 0.1) is 6.20 Å². The van der Waals surface area contributed by atoms with Crippen molar-refractivity contribution in [3.63, 3.8) is 0 Å². The van der Waals surface area contributed by atoms with E-state index in [9.17, 15) is 0 Å². The zero-order chi connectivity index (χ0) is 12.6. The molecule has 0 radical (unpaired) electrons. The lowest BCUT2D eigenvalue weighted by Crippen LogP contribution is -2.10. The summed E-state index contributed by atoms with van der Waals surface area (Å²) in [5, 5.41) is 4.19. The fraction of sp³-hybridized carbons (Fsp3) is 0.308. The van der Waals surface area contributed by atoms with E-state index in [0.717, 1.165) is 16.8 Å². The molecule has 2 N–H and O–H groups in total. The Morgan fingerprint density at radius 2 is 1.94 bits per heavy atom. The second-order valence-electron chi connectivity index (χ2n) is 4.48. The summed E-state index contributed by atoms with van der Waals surface area (Å²) < 4.78 is 1.69. The van der Waals surface area contributed by atoms with Crippen molar-refractivity contribution in [2.24, 2.45) is 7.05 Å². The minimum absolute atomic E-state index is 0.692. The van der Waals surface area contributed by atoms with E-state index in [4.69, 9.17) is 5.73 Å². The van der Waals surface area contributed by atoms with Gasteiger partial charge in [-0.05, 0) is 18.6 Å². The lowest BCUT2D eigenvalue weighted by Gasteiger charge is -2.18. The van der Waals surface area contributed by atoms with Crippen molar-refractivity contribution in [2.45, 2.75) is 6.92 Å². The lowest BCUT2D eigenvalue weighted by molar-refractivity contribution is 0.779. The maximum absolute atomic E-state index is 6.02. The molecule has 0 amide bonds. The zero-order valence-corrected chi connectivity index (χ0v) is 10.7. The Kier molecular flexibility index (Phi) is 2.79. The number of nitrogens with zero attached hydrogens (tertiary/aromatic N) is 3. The monoisotopic (exact) mass is 230 g/mol. The van der Waals surface area contributed by atoms with Crippen LogP contribution >= 0.6 is 0 Å². The van der Waals surface area contributed by atoms with Crippen LogP contribution in [-0.2, 0) is 7.05 Å². The molecule has 0 aliphatic rings. The summed E-state index contributed by atoms with van der Waals surface area (Å²) in [6, 6.07) is 6.34. The molecular formula is C13H18N4. The van der Waals surface area contributed by atoms with Gasteiger partial charge in [-0.25, -0.2) is 0 Å². The fourth-order valence-corrected chi connectivity index (χ4v) is 1.89. The number of nitrogen functional groups attached to an aromatic ring is 1. The molecule has 0 unspecified atom stereocenters. The van der Waals surface area contributed by atoms with Crippen LogP contribution in [0.15, 0.2) is 24.4 Å². The highest BCUT2D eigenvalue weighted by atomic mass is 15.3. The highest BCUT2D eigenvalue weighted by Gasteiger charge is 2.12. The van der Waals surface area contributed by atoms with Crippen molar-refractivity contribution in [1.82, 2.24) is 9.78 Å². The van der Waals surface area contributed by atoms with E-state index < -0.39 is 0 Å². The van der Waals surface area contributed by atoms with Gasteiger partial charge in [0, 0.05) is 38.0 Å². The van der Waals surface area contributed by atoms with Crippen LogP contribution < -0.4 is 10.6 Å². The molecule has 4 heteroatoms. The molecule has 0 fully saturated rings. The van der Waals surface area contributed by atoms with Crippen LogP contribution in [0.1, 0.15) is 5.56 Å². The van der Waals surface area contributed by atoms with Crippen molar-refractivity contribution >= 4 is 11.5 Å². The number of nitrogens with two attached hydrogens (primary N) is 1. The summed E-state index contributed by atoms with van der Waals surface area (Å²) >= 11 is 0. The fourth-order valence-electron chi connectivity index (χ4n) is 1.89. The molecule has 90 valence electrons. The molecular weight excluding hydrogens is 212 g/mol. The first kappa shape index (κ1) is 11.5. The first-order valence-electron chi connectivity index (χ1n) is 5.56. The van der Waals surface area contributed by atoms with Crippen molar-refractivity contribution < 1.29 is 0 Å². The van der Waals surface area contributed by atoms with E-state index >= 15 is 0 Å². The first-order valence-corrected chi connectivity index (χ1v) is 5.56. The first-order chi connectivity index (χ1) is 8.00. The molecule has 0 saturated carbocycles. The summed E-state index contributed by atoms with van der Waals surface area (Å²) in [6.07, 6.45) is 1.81. The molecule has 0 atom stereocenters. The van der Waals surface area contributed by atoms with Gasteiger partial charge in [-0.3, -0.25) is 4.68 Å². The number of aryl methyl sites for hydroxylation is 2. The number of hydrogen-bond donors (Lipinski definition) is 1. The normalized spacial score (nSPS) is 10.6. The Balaban J connectivity index is 2.63. The number of anilines is 2. The molecule has 0 aliphatic carbocycles. The number of rotatable bonds is 2. The van der Waals surface area contributed by atoms with E-state index in [-0.39, 0.29) is 0 Å². The Labute approximate surface area is 102 Å². The molecule has 2 rings (SSSR count). The third kappa shape index (κ3) is 1.98. The van der Waals surface area contributed by atoms with E-state index in [2.05, 4.69) is 35.1 Å². The van der Waals surface area contributed by atoms with Crippen molar-refractivity contribution in [3.8, 4) is 11.1 Å². The molecule has 1 aromatic carbocycles. The largest absolute Gasteiger partial charge is 0.383 e. The number of benzene rings is 1. The Morgan fingerprint density at radius 3 is 2.47 bits per heavy atom. The van der Waals surface area contributed by atoms with Crippen LogP contribution in [0.25, 0.3) is 11.1 Å². The van der Waals surface area contributed by atoms with Crippen LogP contribution in [0.3, 0.4) is 0 Å². The Morgan fingerprint density at radius 1 is 1.24 bits per heavy atom. The van der Waals surface area contributed by atoms with Gasteiger partial charge < -0.3 is 10.6 Å². The van der Waals surface area contributed by atoms with Crippen LogP contribution in [0.5, 0.6) is 0 Å². The van der Waals surface area contributed by atoms with Gasteiger partial charge >= 0.3 is 0 Å². The van der Waals surface area contributed by atoms with Gasteiger partial charge in [-0.2, -0.15) is 5.10 Å². The summed E-state index contributed by atoms with van der Waals surface area (Å²) in [5.41, 5.74) is 10.5. The SMILES string of the molecule is Cc1ccc(-c2cnn(C)c2N)c(N(C)C)c1. The predicted molar refractivity (Wildman–Crippen MR) is 72.1 cm³/mol. The molecule has 0 spiro atoms. The maximum Gasteiger partial charge on any atom is 0.129 e. The van der Waals surface area contributed by atoms with E-state index in [1.807, 2.05) is 27.3 Å². The van der Waals surface area contributed by atoms with Crippen LogP contribution in [0.2, 0.25) is 0 Å². The van der Waals surface area contributed by atoms with Gasteiger partial charge in [0.15, 0.2) is 0 Å². The molecule has 2 aromatic rings. The lowest BCUT2D eigenvalue weighted by atomic mass is 10.0. The third-order valence-corrected chi connectivity index (χ3v) is 2.91. The van der Waals surface area contributed by atoms with Gasteiger partial charge in [0.2, 0.25) is 0 Å². The molecule has 1 aromatic heterocycles. The maximum atomic E-state index is 6.02. The van der Waals surface area contributed by atoms with Crippen molar-refractivity contribution in [2.75, 3.05) is 24.7 Å². The predicted octanol–water partition coefficient (Wildman–Crippen LogP) is 2.04. The van der Waals surface area contributed by atoms with Crippen molar-refractivity contribution in [3.05, 3.63) is 30.0 Å². The van der Waals surface area contributed by atoms with Crippen LogP contribution in [0, 0.1) is 6.92 Å². The molecule has 0 bridgehead atoms. The minimum Gasteiger partial charge on any atom is -0.383 e. The molecule has 0 saturated heterocycles. The van der Waals surface area contributed by atoms with E-state index in [1.54, 1.807) is 4.68 Å². The van der Waals surface area contributed by atoms with E-state index in [0.29, 0.717) is 5.82 Å². The van der Waals surface area contributed by atoms with E-state index in [1.165, 1.54) is 5.56 Å². The Bertz CT molecular complexity index is 540. The highest BCUT2D eigenvalue weighted by Crippen LogP contribution is 2.33. The van der Waals surface area contributed by atoms with Gasteiger partial charge in [0.1, 0.15) is 5.82 Å². The van der Waals surface area contributed by atoms with Gasteiger partial charge in [-0.1, -0.05) is 12.1 Å². The number of hydrogen-bond acceptors (Lipinski definition) is 3. The van der Waals surface area contributed by atoms with Crippen LogP contribution in [0.4, 0.5) is 11.5 Å². The highest BCUT2D eigenvalue weighted by molar-refractivity contribution is 5.84. The average Bonchev–Trinajstić information content (AvgIpc) is 2.60. The van der Waals surface area contributed by atoms with Gasteiger partial charge in [0.25, 0.3) is 0 Å². The van der Waals surface area contributed by atoms with Crippen LogP contribution in [-0.4, -0.2) is 23.9 Å². The standard InChI is InChI=1S/C13H18N4/c1-9-5-6-10(12(7-9)16(2)3)11-8-15-17(4)13(11)14/h5-8H,14H2,1-4H3. The average molecular weight is 230 g/mol. The zero-order valence-electron chi connectivity index (χ0n) is 10.7. The second kappa shape index (κ2) is 4.13. The molecule has 0 aliphatic heterocycles. The smallest absolute Gasteiger partial charge is 0.129 e. The molecule has 4 nitrogen and oxygen atoms in total. The topological polar surface area (TPSA) is 47.1 Å². The quantitative estimate of drug-likeness (QED) is 0.858. The molecule has 17 heavy (non-hydrogen) atoms. The minimum atomic E-state index is 0.692. The second-order valence-corrected chi connectivity index (χ2v) is 4.48. The summed E-state index contributed by atoms with van der Waals surface area (Å²) in [6.45, 7) is 2.09. The summed E-state index contributed by atoms with van der Waals surface area (Å²) in [7, 11) is 5.91. The third-order valence-electron chi connectivity index (χ3n) is 2.91. The van der Waals surface area contributed by atoms with Gasteiger partial charge in [-0.15, -0.1) is 0 Å². The number of aromatic nitrogens is 2. The molecule has 1 heterocycles. The Hall–Kier alpha value is -1.97. The van der Waals surface area contributed by atoms with Crippen molar-refractivity contribution in [1.29, 1.82) is 0 Å². The summed E-state index contributed by atoms with van der Waals surface area (Å²) in [4.78, 5) is 2.09.